The van der Waals surface area contributed by atoms with E-state index in [0.29, 0.717) is 17.9 Å². The van der Waals surface area contributed by atoms with Crippen LogP contribution in [0.5, 0.6) is 5.75 Å². The first kappa shape index (κ1) is 19.8. The number of aromatic nitrogens is 1. The highest BCUT2D eigenvalue weighted by atomic mass is 32.1. The van der Waals surface area contributed by atoms with E-state index in [4.69, 9.17) is 4.74 Å². The molecule has 28 heavy (non-hydrogen) atoms. The van der Waals surface area contributed by atoms with Gasteiger partial charge in [0.15, 0.2) is 0 Å². The van der Waals surface area contributed by atoms with Crippen LogP contribution in [-0.2, 0) is 12.8 Å². The van der Waals surface area contributed by atoms with Crippen molar-refractivity contribution in [2.45, 2.75) is 19.7 Å². The Kier molecular flexibility index (Phi) is 5.64. The molecule has 0 aliphatic rings. The van der Waals surface area contributed by atoms with Gasteiger partial charge in [-0.25, -0.2) is 9.37 Å². The van der Waals surface area contributed by atoms with Crippen LogP contribution in [0.2, 0.25) is 0 Å². The summed E-state index contributed by atoms with van der Waals surface area (Å²) in [6, 6.07) is 8.38. The van der Waals surface area contributed by atoms with Crippen molar-refractivity contribution in [3.8, 4) is 5.75 Å². The van der Waals surface area contributed by atoms with E-state index in [9.17, 15) is 22.4 Å². The van der Waals surface area contributed by atoms with Gasteiger partial charge in [0.25, 0.3) is 5.91 Å². The Labute approximate surface area is 161 Å². The predicted octanol–water partition coefficient (Wildman–Crippen LogP) is 5.44. The van der Waals surface area contributed by atoms with E-state index in [2.05, 4.69) is 10.3 Å². The molecule has 2 aromatic carbocycles. The van der Waals surface area contributed by atoms with E-state index in [1.807, 2.05) is 12.3 Å². The first-order valence-electron chi connectivity index (χ1n) is 8.04. The molecule has 9 heteroatoms. The van der Waals surface area contributed by atoms with Gasteiger partial charge in [0.2, 0.25) is 0 Å². The number of alkyl halides is 3. The number of thiazole rings is 1. The summed E-state index contributed by atoms with van der Waals surface area (Å²) in [7, 11) is 0. The topological polar surface area (TPSA) is 51.2 Å². The lowest BCUT2D eigenvalue weighted by Crippen LogP contribution is -2.14. The average molecular weight is 410 g/mol. The number of halogens is 4. The number of nitrogens with one attached hydrogen (secondary N) is 1. The maximum absolute atomic E-state index is 13.3. The molecule has 0 atom stereocenters. The molecule has 146 valence electrons. The third-order valence-electron chi connectivity index (χ3n) is 3.70. The molecule has 0 radical (unpaired) electrons. The Morgan fingerprint density at radius 3 is 2.50 bits per heavy atom. The fourth-order valence-corrected chi connectivity index (χ4v) is 2.96. The van der Waals surface area contributed by atoms with Gasteiger partial charge in [0, 0.05) is 16.6 Å². The smallest absolute Gasteiger partial charge is 0.419 e. The Bertz CT molecular complexity index is 984. The van der Waals surface area contributed by atoms with Crippen LogP contribution in [0.3, 0.4) is 0 Å². The number of rotatable bonds is 5. The summed E-state index contributed by atoms with van der Waals surface area (Å²) in [6.07, 6.45) is -4.85. The van der Waals surface area contributed by atoms with Gasteiger partial charge in [0.1, 0.15) is 18.2 Å². The van der Waals surface area contributed by atoms with E-state index in [-0.39, 0.29) is 17.9 Å². The third-order valence-corrected chi connectivity index (χ3v) is 4.52. The lowest BCUT2D eigenvalue weighted by molar-refractivity contribution is -0.139. The largest absolute Gasteiger partial charge is 0.487 e. The second-order valence-electron chi connectivity index (χ2n) is 5.82. The van der Waals surface area contributed by atoms with Crippen molar-refractivity contribution in [1.29, 1.82) is 0 Å². The zero-order chi connectivity index (χ0) is 20.3. The fourth-order valence-electron chi connectivity index (χ4n) is 2.36. The molecule has 4 nitrogen and oxygen atoms in total. The van der Waals surface area contributed by atoms with E-state index >= 15 is 0 Å². The van der Waals surface area contributed by atoms with Crippen LogP contribution >= 0.6 is 11.3 Å². The van der Waals surface area contributed by atoms with Gasteiger partial charge in [-0.1, -0.05) is 0 Å². The molecular weight excluding hydrogens is 396 g/mol. The van der Waals surface area contributed by atoms with Crippen molar-refractivity contribution in [2.75, 3.05) is 5.32 Å². The van der Waals surface area contributed by atoms with E-state index < -0.39 is 23.5 Å². The van der Waals surface area contributed by atoms with Gasteiger partial charge in [-0.05, 0) is 49.4 Å². The number of hydrogen-bond acceptors (Lipinski definition) is 4. The number of carbonyl (C=O) groups is 1. The molecule has 1 amide bonds. The van der Waals surface area contributed by atoms with Crippen molar-refractivity contribution < 1.29 is 27.1 Å². The number of ether oxygens (including phenoxy) is 1. The molecule has 1 N–H and O–H groups in total. The summed E-state index contributed by atoms with van der Waals surface area (Å²) in [4.78, 5) is 16.5. The van der Waals surface area contributed by atoms with Gasteiger partial charge in [-0.15, -0.1) is 11.3 Å². The zero-order valence-corrected chi connectivity index (χ0v) is 15.3. The second-order valence-corrected chi connectivity index (χ2v) is 6.88. The van der Waals surface area contributed by atoms with Crippen LogP contribution in [0.4, 0.5) is 23.2 Å². The molecule has 0 spiro atoms. The van der Waals surface area contributed by atoms with Crippen LogP contribution in [0.25, 0.3) is 0 Å². The number of anilines is 1. The monoisotopic (exact) mass is 410 g/mol. The first-order chi connectivity index (χ1) is 13.2. The maximum Gasteiger partial charge on any atom is 0.419 e. The highest BCUT2D eigenvalue weighted by Crippen LogP contribution is 2.33. The zero-order valence-electron chi connectivity index (χ0n) is 14.5. The van der Waals surface area contributed by atoms with Gasteiger partial charge in [0.05, 0.1) is 16.3 Å². The van der Waals surface area contributed by atoms with Crippen molar-refractivity contribution in [3.63, 3.8) is 0 Å². The van der Waals surface area contributed by atoms with Crippen LogP contribution in [-0.4, -0.2) is 10.9 Å². The highest BCUT2D eigenvalue weighted by Gasteiger charge is 2.34. The van der Waals surface area contributed by atoms with Gasteiger partial charge >= 0.3 is 6.18 Å². The second kappa shape index (κ2) is 7.97. The maximum atomic E-state index is 13.3. The lowest BCUT2D eigenvalue weighted by Gasteiger charge is -2.11. The number of aryl methyl sites for hydroxylation is 1. The predicted molar refractivity (Wildman–Crippen MR) is 97.0 cm³/mol. The summed E-state index contributed by atoms with van der Waals surface area (Å²) >= 11 is 1.51. The molecule has 1 heterocycles. The minimum Gasteiger partial charge on any atom is -0.487 e. The molecule has 0 unspecified atom stereocenters. The minimum absolute atomic E-state index is 0.155. The number of hydrogen-bond donors (Lipinski definition) is 1. The van der Waals surface area contributed by atoms with Crippen LogP contribution in [0.15, 0.2) is 47.8 Å². The summed E-state index contributed by atoms with van der Waals surface area (Å²) in [5.41, 5.74) is -0.583. The minimum atomic E-state index is -4.85. The Morgan fingerprint density at radius 1 is 1.18 bits per heavy atom. The Hall–Kier alpha value is -2.94. The van der Waals surface area contributed by atoms with Crippen LogP contribution in [0.1, 0.15) is 26.6 Å². The van der Waals surface area contributed by atoms with Crippen molar-refractivity contribution >= 4 is 22.9 Å². The first-order valence-corrected chi connectivity index (χ1v) is 8.92. The van der Waals surface area contributed by atoms with E-state index in [1.54, 1.807) is 12.1 Å². The van der Waals surface area contributed by atoms with Crippen molar-refractivity contribution in [2.24, 2.45) is 0 Å². The number of amides is 1. The number of carbonyl (C=O) groups excluding carboxylic acids is 1. The summed E-state index contributed by atoms with van der Waals surface area (Å²) in [6.45, 7) is 2.17. The number of benzene rings is 2. The number of nitrogens with zero attached hydrogens (tertiary/aromatic N) is 1. The van der Waals surface area contributed by atoms with Crippen molar-refractivity contribution in [3.05, 3.63) is 75.5 Å². The van der Waals surface area contributed by atoms with Gasteiger partial charge < -0.3 is 10.1 Å². The molecule has 0 saturated carbocycles. The highest BCUT2D eigenvalue weighted by molar-refractivity contribution is 7.09. The molecule has 1 aromatic heterocycles. The molecule has 3 rings (SSSR count). The van der Waals surface area contributed by atoms with E-state index in [0.717, 1.165) is 16.8 Å². The standard InChI is InChI=1S/C19H14F4N2O2S/c1-11-24-14(10-28-11)9-27-15-5-2-12(3-6-15)18(26)25-13-4-7-17(20)16(8-13)19(21,22)23/h2-8,10H,9H2,1H3,(H,25,26). The summed E-state index contributed by atoms with van der Waals surface area (Å²) < 4.78 is 57.2. The molecule has 0 fully saturated rings. The van der Waals surface area contributed by atoms with E-state index in [1.165, 1.54) is 23.5 Å². The summed E-state index contributed by atoms with van der Waals surface area (Å²) in [5.74, 6) is -1.51. The van der Waals surface area contributed by atoms with Crippen LogP contribution < -0.4 is 10.1 Å². The normalized spacial score (nSPS) is 11.3. The molecule has 3 aromatic rings. The molecule has 0 saturated heterocycles. The molecule has 0 aliphatic heterocycles. The Balaban J connectivity index is 1.65. The van der Waals surface area contributed by atoms with Gasteiger partial charge in [-0.2, -0.15) is 13.2 Å². The van der Waals surface area contributed by atoms with Crippen LogP contribution in [0, 0.1) is 12.7 Å². The average Bonchev–Trinajstić information content (AvgIpc) is 3.06. The Morgan fingerprint density at radius 2 is 1.89 bits per heavy atom. The lowest BCUT2D eigenvalue weighted by atomic mass is 10.1. The third kappa shape index (κ3) is 4.86. The fraction of sp³-hybridized carbons (Fsp3) is 0.158. The molecule has 0 aliphatic carbocycles. The summed E-state index contributed by atoms with van der Waals surface area (Å²) in [5, 5.41) is 5.14. The molecular formula is C19H14F4N2O2S. The quantitative estimate of drug-likeness (QED) is 0.570. The van der Waals surface area contributed by atoms with Gasteiger partial charge in [-0.3, -0.25) is 4.79 Å². The molecule has 0 bridgehead atoms. The SMILES string of the molecule is Cc1nc(COc2ccc(C(=O)Nc3ccc(F)c(C(F)(F)F)c3)cc2)cs1. The van der Waals surface area contributed by atoms with Crippen molar-refractivity contribution in [1.82, 2.24) is 4.98 Å².